The number of fused-ring (bicyclic) bond motifs is 1. The molecule has 4 nitrogen and oxygen atoms in total. The Bertz CT molecular complexity index is 507. The predicted molar refractivity (Wildman–Crippen MR) is 78.2 cm³/mol. The Balaban J connectivity index is 1.94. The molecule has 0 bridgehead atoms. The van der Waals surface area contributed by atoms with E-state index in [1.807, 2.05) is 18.2 Å². The molecule has 0 spiro atoms. The van der Waals surface area contributed by atoms with Crippen molar-refractivity contribution in [1.29, 1.82) is 0 Å². The van der Waals surface area contributed by atoms with Gasteiger partial charge in [-0.25, -0.2) is 0 Å². The smallest absolute Gasteiger partial charge is 0.313 e. The van der Waals surface area contributed by atoms with Crippen molar-refractivity contribution in [3.05, 3.63) is 33.8 Å². The first-order chi connectivity index (χ1) is 9.08. The summed E-state index contributed by atoms with van der Waals surface area (Å²) in [5.74, 6) is -0.667. The number of halogens is 1. The molecule has 1 aliphatic heterocycles. The average molecular weight is 344 g/mol. The number of thioether (sulfide) groups is 1. The highest BCUT2D eigenvalue weighted by Gasteiger charge is 2.21. The molecular formula is C13H14BrNO3S. The molecular weight excluding hydrogens is 330 g/mol. The van der Waals surface area contributed by atoms with Gasteiger partial charge in [0.05, 0.1) is 11.5 Å². The van der Waals surface area contributed by atoms with Crippen LogP contribution in [0, 0.1) is 0 Å². The minimum Gasteiger partial charge on any atom is -0.481 e. The standard InChI is InChI=1S/C13H14BrNO3S/c14-11-3-1-2-9-6-15(5-4-10(9)11)12(16)7-19-8-13(17)18/h1-3H,4-8H2,(H,17,18). The van der Waals surface area contributed by atoms with Crippen LogP contribution in [0.15, 0.2) is 22.7 Å². The molecule has 1 heterocycles. The molecule has 1 aromatic carbocycles. The predicted octanol–water partition coefficient (Wildman–Crippen LogP) is 2.15. The Morgan fingerprint density at radius 3 is 2.89 bits per heavy atom. The van der Waals surface area contributed by atoms with Crippen LogP contribution in [0.25, 0.3) is 0 Å². The first-order valence-corrected chi connectivity index (χ1v) is 7.86. The van der Waals surface area contributed by atoms with Crippen LogP contribution >= 0.6 is 27.7 Å². The molecule has 1 amide bonds. The van der Waals surface area contributed by atoms with E-state index < -0.39 is 5.97 Å². The summed E-state index contributed by atoms with van der Waals surface area (Å²) in [6.45, 7) is 1.31. The Kier molecular flexibility index (Phi) is 4.87. The average Bonchev–Trinajstić information content (AvgIpc) is 2.38. The molecule has 0 saturated heterocycles. The summed E-state index contributed by atoms with van der Waals surface area (Å²) in [7, 11) is 0. The van der Waals surface area contributed by atoms with E-state index in [0.29, 0.717) is 13.1 Å². The molecule has 1 N–H and O–H groups in total. The van der Waals surface area contributed by atoms with E-state index in [9.17, 15) is 9.59 Å². The van der Waals surface area contributed by atoms with Gasteiger partial charge in [0.1, 0.15) is 0 Å². The Labute approximate surface area is 124 Å². The van der Waals surface area contributed by atoms with Crippen LogP contribution < -0.4 is 0 Å². The van der Waals surface area contributed by atoms with Gasteiger partial charge < -0.3 is 10.0 Å². The fourth-order valence-electron chi connectivity index (χ4n) is 2.09. The highest BCUT2D eigenvalue weighted by molar-refractivity contribution is 9.10. The van der Waals surface area contributed by atoms with E-state index in [2.05, 4.69) is 15.9 Å². The summed E-state index contributed by atoms with van der Waals surface area (Å²) < 4.78 is 1.09. The van der Waals surface area contributed by atoms with Gasteiger partial charge in [0.15, 0.2) is 0 Å². The molecule has 0 aliphatic carbocycles. The summed E-state index contributed by atoms with van der Waals surface area (Å²) in [6, 6.07) is 6.01. The number of hydrogen-bond acceptors (Lipinski definition) is 3. The Morgan fingerprint density at radius 2 is 2.16 bits per heavy atom. The second kappa shape index (κ2) is 6.43. The third-order valence-electron chi connectivity index (χ3n) is 3.01. The van der Waals surface area contributed by atoms with E-state index in [4.69, 9.17) is 5.11 Å². The summed E-state index contributed by atoms with van der Waals surface area (Å²) >= 11 is 4.67. The topological polar surface area (TPSA) is 57.6 Å². The lowest BCUT2D eigenvalue weighted by Crippen LogP contribution is -2.37. The SMILES string of the molecule is O=C(O)CSCC(=O)N1CCc2c(Br)cccc2C1. The molecule has 6 heteroatoms. The van der Waals surface area contributed by atoms with Gasteiger partial charge in [-0.1, -0.05) is 28.1 Å². The normalized spacial score (nSPS) is 14.1. The van der Waals surface area contributed by atoms with Crippen LogP contribution in [0.2, 0.25) is 0 Å². The highest BCUT2D eigenvalue weighted by atomic mass is 79.9. The number of nitrogens with zero attached hydrogens (tertiary/aromatic N) is 1. The van der Waals surface area contributed by atoms with Gasteiger partial charge in [0.2, 0.25) is 5.91 Å². The number of carbonyl (C=O) groups is 2. The number of benzene rings is 1. The molecule has 0 aromatic heterocycles. The van der Waals surface area contributed by atoms with Crippen molar-refractivity contribution in [2.45, 2.75) is 13.0 Å². The molecule has 0 unspecified atom stereocenters. The van der Waals surface area contributed by atoms with Crippen molar-refractivity contribution in [3.63, 3.8) is 0 Å². The van der Waals surface area contributed by atoms with E-state index in [-0.39, 0.29) is 17.4 Å². The van der Waals surface area contributed by atoms with Gasteiger partial charge in [-0.05, 0) is 23.6 Å². The summed E-state index contributed by atoms with van der Waals surface area (Å²) in [4.78, 5) is 24.2. The zero-order valence-corrected chi connectivity index (χ0v) is 12.7. The van der Waals surface area contributed by atoms with E-state index in [0.717, 1.165) is 28.2 Å². The van der Waals surface area contributed by atoms with Gasteiger partial charge in [-0.3, -0.25) is 9.59 Å². The summed E-state index contributed by atoms with van der Waals surface area (Å²) in [6.07, 6.45) is 0.839. The molecule has 2 rings (SSSR count). The van der Waals surface area contributed by atoms with E-state index in [1.54, 1.807) is 4.90 Å². The van der Waals surface area contributed by atoms with Crippen LogP contribution in [0.4, 0.5) is 0 Å². The molecule has 0 fully saturated rings. The van der Waals surface area contributed by atoms with Crippen LogP contribution in [-0.2, 0) is 22.6 Å². The van der Waals surface area contributed by atoms with Crippen molar-refractivity contribution in [1.82, 2.24) is 4.90 Å². The Hall–Kier alpha value is -1.01. The fraction of sp³-hybridized carbons (Fsp3) is 0.385. The van der Waals surface area contributed by atoms with Crippen molar-refractivity contribution in [2.75, 3.05) is 18.1 Å². The third-order valence-corrected chi connectivity index (χ3v) is 4.66. The quantitative estimate of drug-likeness (QED) is 0.909. The second-order valence-electron chi connectivity index (χ2n) is 4.33. The molecule has 19 heavy (non-hydrogen) atoms. The van der Waals surface area contributed by atoms with Crippen LogP contribution in [0.3, 0.4) is 0 Å². The molecule has 102 valence electrons. The number of aliphatic carboxylic acids is 1. The van der Waals surface area contributed by atoms with Gasteiger partial charge in [0, 0.05) is 17.6 Å². The molecule has 1 aliphatic rings. The highest BCUT2D eigenvalue weighted by Crippen LogP contribution is 2.26. The molecule has 0 saturated carbocycles. The number of carbonyl (C=O) groups excluding carboxylic acids is 1. The fourth-order valence-corrected chi connectivity index (χ4v) is 3.33. The number of amides is 1. The molecule has 0 radical (unpaired) electrons. The lowest BCUT2D eigenvalue weighted by molar-refractivity contribution is -0.133. The zero-order valence-electron chi connectivity index (χ0n) is 10.3. The number of carboxylic acid groups (broad SMARTS) is 1. The largest absolute Gasteiger partial charge is 0.481 e. The first-order valence-electron chi connectivity index (χ1n) is 5.91. The second-order valence-corrected chi connectivity index (χ2v) is 6.17. The first kappa shape index (κ1) is 14.4. The third kappa shape index (κ3) is 3.73. The minimum atomic E-state index is -0.884. The van der Waals surface area contributed by atoms with Crippen LogP contribution in [0.1, 0.15) is 11.1 Å². The summed E-state index contributed by atoms with van der Waals surface area (Å²) in [5.41, 5.74) is 2.43. The Morgan fingerprint density at radius 1 is 1.37 bits per heavy atom. The van der Waals surface area contributed by atoms with E-state index in [1.165, 1.54) is 5.56 Å². The van der Waals surface area contributed by atoms with Gasteiger partial charge in [-0.15, -0.1) is 11.8 Å². The van der Waals surface area contributed by atoms with E-state index >= 15 is 0 Å². The summed E-state index contributed by atoms with van der Waals surface area (Å²) in [5, 5.41) is 8.55. The molecule has 0 atom stereocenters. The van der Waals surface area contributed by atoms with Crippen LogP contribution in [0.5, 0.6) is 0 Å². The van der Waals surface area contributed by atoms with Crippen molar-refractivity contribution < 1.29 is 14.7 Å². The van der Waals surface area contributed by atoms with Gasteiger partial charge in [0.25, 0.3) is 0 Å². The number of rotatable bonds is 4. The lowest BCUT2D eigenvalue weighted by Gasteiger charge is -2.29. The lowest BCUT2D eigenvalue weighted by atomic mass is 10.00. The maximum absolute atomic E-state index is 12.0. The van der Waals surface area contributed by atoms with Gasteiger partial charge >= 0.3 is 5.97 Å². The zero-order chi connectivity index (χ0) is 13.8. The van der Waals surface area contributed by atoms with Crippen molar-refractivity contribution in [3.8, 4) is 0 Å². The maximum atomic E-state index is 12.0. The minimum absolute atomic E-state index is 0.0110. The number of hydrogen-bond donors (Lipinski definition) is 1. The monoisotopic (exact) mass is 343 g/mol. The van der Waals surface area contributed by atoms with Crippen molar-refractivity contribution >= 4 is 39.6 Å². The molecule has 1 aromatic rings. The maximum Gasteiger partial charge on any atom is 0.313 e. The van der Waals surface area contributed by atoms with Crippen molar-refractivity contribution in [2.24, 2.45) is 0 Å². The number of carboxylic acids is 1. The van der Waals surface area contributed by atoms with Crippen LogP contribution in [-0.4, -0.2) is 39.9 Å². The van der Waals surface area contributed by atoms with Gasteiger partial charge in [-0.2, -0.15) is 0 Å².